The van der Waals surface area contributed by atoms with Gasteiger partial charge in [-0.15, -0.1) is 0 Å². The Morgan fingerprint density at radius 3 is 2.36 bits per heavy atom. The van der Waals surface area contributed by atoms with E-state index in [4.69, 9.17) is 0 Å². The second-order valence-corrected chi connectivity index (χ2v) is 3.14. The first kappa shape index (κ1) is 12.7. The number of nitrogens with zero attached hydrogens (tertiary/aromatic N) is 1. The Morgan fingerprint density at radius 2 is 2.00 bits per heavy atom. The summed E-state index contributed by atoms with van der Waals surface area (Å²) in [5.74, 6) is -0.579. The summed E-state index contributed by atoms with van der Waals surface area (Å²) in [5.41, 5.74) is 0. The third-order valence-electron chi connectivity index (χ3n) is 1.74. The van der Waals surface area contributed by atoms with Crippen LogP contribution in [0.25, 0.3) is 0 Å². The van der Waals surface area contributed by atoms with Gasteiger partial charge in [0.25, 0.3) is 0 Å². The van der Waals surface area contributed by atoms with Gasteiger partial charge in [0.1, 0.15) is 6.54 Å². The summed E-state index contributed by atoms with van der Waals surface area (Å²) in [6.07, 6.45) is 3.08. The zero-order valence-electron chi connectivity index (χ0n) is 9.11. The standard InChI is InChI=1S/C10H17NO3/c1-5-6-9(12)11(8(2)3)7-10(13)14-4/h5-6,8H,7H2,1-4H3. The summed E-state index contributed by atoms with van der Waals surface area (Å²) in [6, 6.07) is -0.0159. The molecule has 0 radical (unpaired) electrons. The van der Waals surface area contributed by atoms with Crippen LogP contribution in [0.5, 0.6) is 0 Å². The van der Waals surface area contributed by atoms with Crippen LogP contribution in [0, 0.1) is 0 Å². The maximum absolute atomic E-state index is 11.5. The molecule has 0 aromatic heterocycles. The molecule has 4 nitrogen and oxygen atoms in total. The Bertz CT molecular complexity index is 234. The fourth-order valence-electron chi connectivity index (χ4n) is 0.957. The predicted octanol–water partition coefficient (Wildman–Crippen LogP) is 0.972. The van der Waals surface area contributed by atoms with E-state index < -0.39 is 5.97 Å². The summed E-state index contributed by atoms with van der Waals surface area (Å²) in [6.45, 7) is 5.46. The highest BCUT2D eigenvalue weighted by Gasteiger charge is 2.17. The first-order chi connectivity index (χ1) is 6.52. The van der Waals surface area contributed by atoms with Crippen molar-refractivity contribution < 1.29 is 14.3 Å². The Kier molecular flexibility index (Phi) is 5.60. The van der Waals surface area contributed by atoms with Gasteiger partial charge in [-0.05, 0) is 26.8 Å². The second kappa shape index (κ2) is 6.18. The Morgan fingerprint density at radius 1 is 1.43 bits per heavy atom. The van der Waals surface area contributed by atoms with Crippen molar-refractivity contribution in [1.82, 2.24) is 4.90 Å². The first-order valence-electron chi connectivity index (χ1n) is 4.53. The number of hydrogen-bond donors (Lipinski definition) is 0. The van der Waals surface area contributed by atoms with Crippen molar-refractivity contribution in [1.29, 1.82) is 0 Å². The third-order valence-corrected chi connectivity index (χ3v) is 1.74. The lowest BCUT2D eigenvalue weighted by Gasteiger charge is -2.23. The molecular weight excluding hydrogens is 182 g/mol. The van der Waals surface area contributed by atoms with E-state index in [1.165, 1.54) is 18.1 Å². The van der Waals surface area contributed by atoms with E-state index in [0.717, 1.165) is 0 Å². The number of allylic oxidation sites excluding steroid dienone is 1. The number of carbonyl (C=O) groups excluding carboxylic acids is 2. The van der Waals surface area contributed by atoms with Crippen LogP contribution < -0.4 is 0 Å². The number of methoxy groups -OCH3 is 1. The number of rotatable bonds is 4. The molecule has 0 aliphatic heterocycles. The molecule has 0 aliphatic carbocycles. The summed E-state index contributed by atoms with van der Waals surface area (Å²) < 4.78 is 4.50. The molecule has 0 unspecified atom stereocenters. The van der Waals surface area contributed by atoms with Crippen LogP contribution in [-0.4, -0.2) is 36.5 Å². The van der Waals surface area contributed by atoms with Crippen molar-refractivity contribution in [3.63, 3.8) is 0 Å². The number of amides is 1. The van der Waals surface area contributed by atoms with Gasteiger partial charge in [-0.25, -0.2) is 0 Å². The van der Waals surface area contributed by atoms with Gasteiger partial charge >= 0.3 is 5.97 Å². The Labute approximate surface area is 84.5 Å². The molecule has 0 N–H and O–H groups in total. The van der Waals surface area contributed by atoms with Crippen molar-refractivity contribution in [3.05, 3.63) is 12.2 Å². The van der Waals surface area contributed by atoms with Crippen LogP contribution in [0.1, 0.15) is 20.8 Å². The van der Waals surface area contributed by atoms with E-state index in [1.54, 1.807) is 13.0 Å². The molecular formula is C10H17NO3. The van der Waals surface area contributed by atoms with Crippen molar-refractivity contribution in [3.8, 4) is 0 Å². The molecule has 0 atom stereocenters. The van der Waals surface area contributed by atoms with Crippen LogP contribution in [0.15, 0.2) is 12.2 Å². The molecule has 0 aromatic carbocycles. The molecule has 4 heteroatoms. The van der Waals surface area contributed by atoms with Crippen molar-refractivity contribution in [2.24, 2.45) is 0 Å². The molecule has 0 fully saturated rings. The Balaban J connectivity index is 4.44. The molecule has 0 heterocycles. The van der Waals surface area contributed by atoms with Gasteiger partial charge < -0.3 is 9.64 Å². The van der Waals surface area contributed by atoms with Crippen molar-refractivity contribution in [2.75, 3.05) is 13.7 Å². The van der Waals surface area contributed by atoms with Crippen LogP contribution >= 0.6 is 0 Å². The first-order valence-corrected chi connectivity index (χ1v) is 4.53. The minimum Gasteiger partial charge on any atom is -0.468 e. The molecule has 0 rings (SSSR count). The van der Waals surface area contributed by atoms with Gasteiger partial charge in [0.15, 0.2) is 0 Å². The summed E-state index contributed by atoms with van der Waals surface area (Å²) in [5, 5.41) is 0. The smallest absolute Gasteiger partial charge is 0.325 e. The lowest BCUT2D eigenvalue weighted by atomic mass is 10.3. The average molecular weight is 199 g/mol. The van der Waals surface area contributed by atoms with Crippen LogP contribution in [0.2, 0.25) is 0 Å². The van der Waals surface area contributed by atoms with E-state index in [-0.39, 0.29) is 18.5 Å². The van der Waals surface area contributed by atoms with E-state index in [9.17, 15) is 9.59 Å². The van der Waals surface area contributed by atoms with Gasteiger partial charge in [-0.2, -0.15) is 0 Å². The fourth-order valence-corrected chi connectivity index (χ4v) is 0.957. The molecule has 0 saturated carbocycles. The highest BCUT2D eigenvalue weighted by molar-refractivity contribution is 5.90. The molecule has 0 bridgehead atoms. The van der Waals surface area contributed by atoms with Crippen molar-refractivity contribution >= 4 is 11.9 Å². The molecule has 0 aliphatic rings. The van der Waals surface area contributed by atoms with E-state index in [0.29, 0.717) is 0 Å². The van der Waals surface area contributed by atoms with Crippen molar-refractivity contribution in [2.45, 2.75) is 26.8 Å². The van der Waals surface area contributed by atoms with Crippen LogP contribution in [0.4, 0.5) is 0 Å². The van der Waals surface area contributed by atoms with Crippen LogP contribution in [-0.2, 0) is 14.3 Å². The van der Waals surface area contributed by atoms with E-state index in [1.807, 2.05) is 13.8 Å². The number of esters is 1. The highest BCUT2D eigenvalue weighted by atomic mass is 16.5. The molecule has 1 amide bonds. The highest BCUT2D eigenvalue weighted by Crippen LogP contribution is 2.00. The number of hydrogen-bond acceptors (Lipinski definition) is 3. The number of carbonyl (C=O) groups is 2. The lowest BCUT2D eigenvalue weighted by molar-refractivity contribution is -0.146. The normalized spacial score (nSPS) is 10.6. The molecule has 0 saturated heterocycles. The van der Waals surface area contributed by atoms with Gasteiger partial charge in [-0.1, -0.05) is 6.08 Å². The van der Waals surface area contributed by atoms with Gasteiger partial charge in [0, 0.05) is 6.04 Å². The van der Waals surface area contributed by atoms with E-state index >= 15 is 0 Å². The maximum Gasteiger partial charge on any atom is 0.325 e. The maximum atomic E-state index is 11.5. The quantitative estimate of drug-likeness (QED) is 0.500. The average Bonchev–Trinajstić information content (AvgIpc) is 2.13. The van der Waals surface area contributed by atoms with Crippen LogP contribution in [0.3, 0.4) is 0 Å². The summed E-state index contributed by atoms with van der Waals surface area (Å²) in [4.78, 5) is 23.9. The predicted molar refractivity (Wildman–Crippen MR) is 53.7 cm³/mol. The molecule has 14 heavy (non-hydrogen) atoms. The van der Waals surface area contributed by atoms with E-state index in [2.05, 4.69) is 4.74 Å². The second-order valence-electron chi connectivity index (χ2n) is 3.14. The van der Waals surface area contributed by atoms with Gasteiger partial charge in [-0.3, -0.25) is 9.59 Å². The monoisotopic (exact) mass is 199 g/mol. The molecule has 0 aromatic rings. The van der Waals surface area contributed by atoms with Gasteiger partial charge in [0.05, 0.1) is 7.11 Å². The SMILES string of the molecule is CC=CC(=O)N(CC(=O)OC)C(C)C. The Hall–Kier alpha value is -1.32. The topological polar surface area (TPSA) is 46.6 Å². The largest absolute Gasteiger partial charge is 0.468 e. The lowest BCUT2D eigenvalue weighted by Crippen LogP contribution is -2.40. The summed E-state index contributed by atoms with van der Waals surface area (Å²) in [7, 11) is 1.31. The number of ether oxygens (including phenoxy) is 1. The minimum atomic E-state index is -0.406. The van der Waals surface area contributed by atoms with Gasteiger partial charge in [0.2, 0.25) is 5.91 Å². The molecule has 80 valence electrons. The summed E-state index contributed by atoms with van der Waals surface area (Å²) >= 11 is 0. The zero-order valence-corrected chi connectivity index (χ0v) is 9.11. The third kappa shape index (κ3) is 4.07. The minimum absolute atomic E-state index is 0.00264. The molecule has 0 spiro atoms. The fraction of sp³-hybridized carbons (Fsp3) is 0.600. The zero-order chi connectivity index (χ0) is 11.1.